The van der Waals surface area contributed by atoms with Crippen molar-refractivity contribution in [1.82, 2.24) is 24.5 Å². The van der Waals surface area contributed by atoms with Crippen molar-refractivity contribution in [3.63, 3.8) is 0 Å². The first-order valence-electron chi connectivity index (χ1n) is 9.65. The van der Waals surface area contributed by atoms with Crippen molar-refractivity contribution in [3.8, 4) is 0 Å². The Morgan fingerprint density at radius 2 is 1.81 bits per heavy atom. The molecule has 1 saturated carbocycles. The lowest BCUT2D eigenvalue weighted by Gasteiger charge is -2.33. The topological polar surface area (TPSA) is 88.0 Å². The fourth-order valence-corrected chi connectivity index (χ4v) is 3.60. The van der Waals surface area contributed by atoms with Crippen molar-refractivity contribution >= 4 is 17.9 Å². The minimum atomic E-state index is -0.344. The van der Waals surface area contributed by atoms with Crippen LogP contribution in [0.4, 0.5) is 4.79 Å². The van der Waals surface area contributed by atoms with Gasteiger partial charge >= 0.3 is 6.09 Å². The minimum absolute atomic E-state index is 0.0353. The van der Waals surface area contributed by atoms with Crippen LogP contribution in [-0.4, -0.2) is 88.3 Å². The van der Waals surface area contributed by atoms with E-state index in [1.165, 1.54) is 12.8 Å². The Bertz CT molecular complexity index is 749. The predicted octanol–water partition coefficient (Wildman–Crippen LogP) is 0.663. The van der Waals surface area contributed by atoms with Crippen molar-refractivity contribution in [2.24, 2.45) is 5.92 Å². The van der Waals surface area contributed by atoms with Crippen LogP contribution in [0.1, 0.15) is 40.7 Å². The van der Waals surface area contributed by atoms with Gasteiger partial charge < -0.3 is 19.4 Å². The van der Waals surface area contributed by atoms with Gasteiger partial charge in [-0.15, -0.1) is 0 Å². The third-order valence-electron chi connectivity index (χ3n) is 5.36. The van der Waals surface area contributed by atoms with E-state index in [-0.39, 0.29) is 17.9 Å². The normalized spacial score (nSPS) is 19.9. The van der Waals surface area contributed by atoms with Crippen LogP contribution in [0, 0.1) is 5.92 Å². The Hall–Kier alpha value is -2.58. The molecule has 4 rings (SSSR count). The number of fused-ring (bicyclic) bond motifs is 1. The SMILES string of the molecule is CCOC(=O)N1CCN(C(=O)c2cc3n(n2)CCN(CC2CC2)C3=O)CC1. The number of ether oxygens (including phenoxy) is 1. The molecular weight excluding hydrogens is 350 g/mol. The molecule has 0 bridgehead atoms. The number of aromatic nitrogens is 2. The molecule has 3 aliphatic rings. The summed E-state index contributed by atoms with van der Waals surface area (Å²) in [6.07, 6.45) is 2.05. The lowest BCUT2D eigenvalue weighted by atomic mass is 10.2. The zero-order valence-electron chi connectivity index (χ0n) is 15.6. The Labute approximate surface area is 157 Å². The average Bonchev–Trinajstić information content (AvgIpc) is 3.39. The number of carbonyl (C=O) groups excluding carboxylic acids is 3. The van der Waals surface area contributed by atoms with Gasteiger partial charge in [-0.2, -0.15) is 5.10 Å². The number of piperazine rings is 1. The summed E-state index contributed by atoms with van der Waals surface area (Å²) in [7, 11) is 0. The lowest BCUT2D eigenvalue weighted by Crippen LogP contribution is -2.50. The van der Waals surface area contributed by atoms with Gasteiger partial charge in [0.15, 0.2) is 5.69 Å². The third kappa shape index (κ3) is 3.63. The molecule has 9 nitrogen and oxygen atoms in total. The van der Waals surface area contributed by atoms with Crippen molar-refractivity contribution in [3.05, 3.63) is 17.5 Å². The van der Waals surface area contributed by atoms with Crippen LogP contribution in [0.2, 0.25) is 0 Å². The number of nitrogens with zero attached hydrogens (tertiary/aromatic N) is 5. The smallest absolute Gasteiger partial charge is 0.409 e. The second-order valence-corrected chi connectivity index (χ2v) is 7.31. The number of amides is 3. The minimum Gasteiger partial charge on any atom is -0.450 e. The monoisotopic (exact) mass is 375 g/mol. The van der Waals surface area contributed by atoms with Gasteiger partial charge in [0.2, 0.25) is 0 Å². The van der Waals surface area contributed by atoms with E-state index in [1.54, 1.807) is 27.5 Å². The van der Waals surface area contributed by atoms with E-state index in [0.717, 1.165) is 6.54 Å². The maximum Gasteiger partial charge on any atom is 0.409 e. The highest BCUT2D eigenvalue weighted by molar-refractivity contribution is 5.98. The van der Waals surface area contributed by atoms with Gasteiger partial charge in [-0.05, 0) is 25.7 Å². The second kappa shape index (κ2) is 7.21. The number of hydrogen-bond acceptors (Lipinski definition) is 5. The highest BCUT2D eigenvalue weighted by atomic mass is 16.6. The van der Waals surface area contributed by atoms with Crippen LogP contribution < -0.4 is 0 Å². The molecule has 3 amide bonds. The molecular formula is C18H25N5O4. The number of rotatable bonds is 4. The zero-order valence-corrected chi connectivity index (χ0v) is 15.6. The lowest BCUT2D eigenvalue weighted by molar-refractivity contribution is 0.0564. The van der Waals surface area contributed by atoms with Crippen molar-refractivity contribution in [1.29, 1.82) is 0 Å². The molecule has 2 aliphatic heterocycles. The predicted molar refractivity (Wildman–Crippen MR) is 95.4 cm³/mol. The number of hydrogen-bond donors (Lipinski definition) is 0. The zero-order chi connectivity index (χ0) is 19.0. The number of carbonyl (C=O) groups is 3. The van der Waals surface area contributed by atoms with Crippen molar-refractivity contribution < 1.29 is 19.1 Å². The van der Waals surface area contributed by atoms with E-state index < -0.39 is 0 Å². The summed E-state index contributed by atoms with van der Waals surface area (Å²) < 4.78 is 6.64. The molecule has 0 spiro atoms. The maximum absolute atomic E-state index is 12.8. The Morgan fingerprint density at radius 3 is 2.48 bits per heavy atom. The fourth-order valence-electron chi connectivity index (χ4n) is 3.60. The largest absolute Gasteiger partial charge is 0.450 e. The molecule has 3 heterocycles. The molecule has 1 aromatic rings. The first-order chi connectivity index (χ1) is 13.1. The van der Waals surface area contributed by atoms with Gasteiger partial charge in [0.1, 0.15) is 5.69 Å². The fraction of sp³-hybridized carbons (Fsp3) is 0.667. The molecule has 0 unspecified atom stereocenters. The van der Waals surface area contributed by atoms with Gasteiger partial charge in [-0.3, -0.25) is 14.3 Å². The molecule has 146 valence electrons. The molecule has 2 fully saturated rings. The molecule has 0 N–H and O–H groups in total. The molecule has 0 atom stereocenters. The standard InChI is InChI=1S/C18H25N5O4/c1-2-27-18(26)21-7-5-20(6-8-21)16(24)14-11-15-17(25)22(12-13-3-4-13)9-10-23(15)19-14/h11,13H,2-10,12H2,1H3. The third-order valence-corrected chi connectivity index (χ3v) is 5.36. The molecule has 1 aromatic heterocycles. The summed E-state index contributed by atoms with van der Waals surface area (Å²) in [5.41, 5.74) is 0.798. The van der Waals surface area contributed by atoms with E-state index >= 15 is 0 Å². The molecule has 1 saturated heterocycles. The van der Waals surface area contributed by atoms with E-state index in [0.29, 0.717) is 63.2 Å². The Balaban J connectivity index is 1.39. The molecule has 27 heavy (non-hydrogen) atoms. The molecule has 0 radical (unpaired) electrons. The second-order valence-electron chi connectivity index (χ2n) is 7.31. The van der Waals surface area contributed by atoms with Gasteiger partial charge in [0.05, 0.1) is 13.2 Å². The van der Waals surface area contributed by atoms with Crippen LogP contribution in [0.15, 0.2) is 6.07 Å². The van der Waals surface area contributed by atoms with Crippen LogP contribution in [0.3, 0.4) is 0 Å². The molecule has 9 heteroatoms. The van der Waals surface area contributed by atoms with E-state index in [9.17, 15) is 14.4 Å². The van der Waals surface area contributed by atoms with E-state index in [2.05, 4.69) is 5.10 Å². The first-order valence-corrected chi connectivity index (χ1v) is 9.65. The Morgan fingerprint density at radius 1 is 1.11 bits per heavy atom. The van der Waals surface area contributed by atoms with Crippen LogP contribution in [-0.2, 0) is 11.3 Å². The average molecular weight is 375 g/mol. The first kappa shape index (κ1) is 17.8. The summed E-state index contributed by atoms with van der Waals surface area (Å²) in [4.78, 5) is 42.4. The summed E-state index contributed by atoms with van der Waals surface area (Å²) in [5.74, 6) is 0.411. The van der Waals surface area contributed by atoms with Gasteiger partial charge in [-0.1, -0.05) is 0 Å². The molecule has 1 aliphatic carbocycles. The van der Waals surface area contributed by atoms with Gasteiger partial charge in [-0.25, -0.2) is 4.79 Å². The highest BCUT2D eigenvalue weighted by Gasteiger charge is 2.33. The molecule has 0 aromatic carbocycles. The van der Waals surface area contributed by atoms with Crippen LogP contribution in [0.5, 0.6) is 0 Å². The van der Waals surface area contributed by atoms with E-state index in [4.69, 9.17) is 4.74 Å². The summed E-state index contributed by atoms with van der Waals surface area (Å²) in [6, 6.07) is 1.61. The highest BCUT2D eigenvalue weighted by Crippen LogP contribution is 2.30. The van der Waals surface area contributed by atoms with Crippen LogP contribution >= 0.6 is 0 Å². The Kier molecular flexibility index (Phi) is 4.75. The quantitative estimate of drug-likeness (QED) is 0.772. The summed E-state index contributed by atoms with van der Waals surface area (Å²) in [5, 5.41) is 4.36. The maximum atomic E-state index is 12.8. The van der Waals surface area contributed by atoms with Crippen molar-refractivity contribution in [2.45, 2.75) is 26.3 Å². The van der Waals surface area contributed by atoms with Gasteiger partial charge in [0, 0.05) is 45.3 Å². The van der Waals surface area contributed by atoms with E-state index in [1.807, 2.05) is 4.90 Å². The summed E-state index contributed by atoms with van der Waals surface area (Å²) >= 11 is 0. The van der Waals surface area contributed by atoms with Crippen molar-refractivity contribution in [2.75, 3.05) is 45.9 Å². The van der Waals surface area contributed by atoms with Crippen LogP contribution in [0.25, 0.3) is 0 Å². The van der Waals surface area contributed by atoms with Gasteiger partial charge in [0.25, 0.3) is 11.8 Å². The summed E-state index contributed by atoms with van der Waals surface area (Å²) in [6.45, 7) is 5.92.